The van der Waals surface area contributed by atoms with Crippen LogP contribution in [0.2, 0.25) is 0 Å². The van der Waals surface area contributed by atoms with Gasteiger partial charge in [0.1, 0.15) is 0 Å². The van der Waals surface area contributed by atoms with Crippen molar-refractivity contribution in [3.05, 3.63) is 11.6 Å². The number of allylic oxidation sites excluding steroid dienone is 1. The third-order valence-corrected chi connectivity index (χ3v) is 7.81. The van der Waals surface area contributed by atoms with Crippen LogP contribution in [-0.4, -0.2) is 23.8 Å². The molecule has 3 aliphatic carbocycles. The minimum atomic E-state index is -0.589. The van der Waals surface area contributed by atoms with Crippen LogP contribution in [0.15, 0.2) is 11.6 Å². The van der Waals surface area contributed by atoms with E-state index in [9.17, 15) is 9.90 Å². The first-order chi connectivity index (χ1) is 11.2. The Hall–Kier alpha value is -0.830. The zero-order chi connectivity index (χ0) is 17.8. The Morgan fingerprint density at radius 1 is 1.25 bits per heavy atom. The molecular formula is C21H34O3. The van der Waals surface area contributed by atoms with Crippen LogP contribution in [0.3, 0.4) is 0 Å². The number of rotatable bonds is 2. The van der Waals surface area contributed by atoms with Gasteiger partial charge in [-0.05, 0) is 68.6 Å². The van der Waals surface area contributed by atoms with Crippen molar-refractivity contribution < 1.29 is 14.6 Å². The van der Waals surface area contributed by atoms with Gasteiger partial charge in [0.25, 0.3) is 0 Å². The summed E-state index contributed by atoms with van der Waals surface area (Å²) < 4.78 is 5.18. The van der Waals surface area contributed by atoms with Gasteiger partial charge in [-0.25, -0.2) is 0 Å². The number of hydrogen-bond donors (Lipinski definition) is 1. The van der Waals surface area contributed by atoms with Gasteiger partial charge >= 0.3 is 5.97 Å². The average Bonchev–Trinajstić information content (AvgIpc) is 2.52. The van der Waals surface area contributed by atoms with Gasteiger partial charge < -0.3 is 9.84 Å². The normalized spacial score (nSPS) is 45.2. The highest BCUT2D eigenvalue weighted by Crippen LogP contribution is 2.65. The maximum Gasteiger partial charge on any atom is 0.311 e. The SMILES string of the molecule is COC(=O)[C@]1(C)CCC[C@@]2(C)[C@H]1CC[C@]1(O)CC(C(C)C)=CC[C@@H]12. The second kappa shape index (κ2) is 5.86. The van der Waals surface area contributed by atoms with Crippen molar-refractivity contribution in [1.29, 1.82) is 0 Å². The summed E-state index contributed by atoms with van der Waals surface area (Å²) in [6.45, 7) is 8.88. The average molecular weight is 335 g/mol. The molecule has 0 saturated heterocycles. The molecule has 2 fully saturated rings. The molecular weight excluding hydrogens is 300 g/mol. The Morgan fingerprint density at radius 3 is 2.58 bits per heavy atom. The third kappa shape index (κ3) is 2.46. The van der Waals surface area contributed by atoms with Gasteiger partial charge in [-0.1, -0.05) is 38.8 Å². The van der Waals surface area contributed by atoms with Crippen LogP contribution in [0.1, 0.15) is 72.6 Å². The second-order valence-corrected chi connectivity index (χ2v) is 9.36. The van der Waals surface area contributed by atoms with Crippen molar-refractivity contribution in [2.45, 2.75) is 78.2 Å². The van der Waals surface area contributed by atoms with Gasteiger partial charge in [0.15, 0.2) is 0 Å². The molecule has 0 bridgehead atoms. The lowest BCUT2D eigenvalue weighted by molar-refractivity contribution is -0.196. The molecule has 0 heterocycles. The summed E-state index contributed by atoms with van der Waals surface area (Å²) >= 11 is 0. The number of methoxy groups -OCH3 is 1. The number of hydrogen-bond acceptors (Lipinski definition) is 3. The van der Waals surface area contributed by atoms with Crippen LogP contribution in [0.4, 0.5) is 0 Å². The molecule has 0 amide bonds. The number of carbonyl (C=O) groups excluding carboxylic acids is 1. The van der Waals surface area contributed by atoms with Gasteiger partial charge in [0, 0.05) is 0 Å². The summed E-state index contributed by atoms with van der Waals surface area (Å²) in [6, 6.07) is 0. The Kier molecular flexibility index (Phi) is 4.39. The summed E-state index contributed by atoms with van der Waals surface area (Å²) in [5, 5.41) is 11.5. The lowest BCUT2D eigenvalue weighted by Gasteiger charge is -2.62. The van der Waals surface area contributed by atoms with Crippen LogP contribution in [0.5, 0.6) is 0 Å². The van der Waals surface area contributed by atoms with Gasteiger partial charge in [-0.3, -0.25) is 4.79 Å². The summed E-state index contributed by atoms with van der Waals surface area (Å²) in [7, 11) is 1.51. The molecule has 3 heteroatoms. The standard InChI is InChI=1S/C21H34O3/c1-14(2)15-7-8-17-19(3)10-6-11-20(4,18(22)24-5)16(19)9-12-21(17,23)13-15/h7,14,16-17,23H,6,8-13H2,1-5H3/t16-,17-,19+,20-,21+/m1/s1. The largest absolute Gasteiger partial charge is 0.469 e. The highest BCUT2D eigenvalue weighted by atomic mass is 16.5. The molecule has 0 aromatic rings. The van der Waals surface area contributed by atoms with E-state index >= 15 is 0 Å². The zero-order valence-electron chi connectivity index (χ0n) is 16.0. The van der Waals surface area contributed by atoms with Crippen molar-refractivity contribution in [1.82, 2.24) is 0 Å². The Morgan fingerprint density at radius 2 is 1.96 bits per heavy atom. The maximum absolute atomic E-state index is 12.6. The summed E-state index contributed by atoms with van der Waals surface area (Å²) in [5.41, 5.74) is 0.439. The van der Waals surface area contributed by atoms with Crippen LogP contribution >= 0.6 is 0 Å². The van der Waals surface area contributed by atoms with Crippen molar-refractivity contribution in [2.75, 3.05) is 7.11 Å². The number of esters is 1. The van der Waals surface area contributed by atoms with Crippen LogP contribution in [0.25, 0.3) is 0 Å². The summed E-state index contributed by atoms with van der Waals surface area (Å²) in [4.78, 5) is 12.6. The molecule has 1 N–H and O–H groups in total. The number of aliphatic hydroxyl groups is 1. The molecule has 5 atom stereocenters. The van der Waals surface area contributed by atoms with E-state index in [4.69, 9.17) is 4.74 Å². The van der Waals surface area contributed by atoms with Crippen molar-refractivity contribution in [3.63, 3.8) is 0 Å². The van der Waals surface area contributed by atoms with Gasteiger partial charge in [0.05, 0.1) is 18.1 Å². The molecule has 0 aromatic heterocycles. The van der Waals surface area contributed by atoms with E-state index in [0.717, 1.165) is 44.9 Å². The van der Waals surface area contributed by atoms with Crippen molar-refractivity contribution in [2.24, 2.45) is 28.6 Å². The van der Waals surface area contributed by atoms with Gasteiger partial charge in [-0.2, -0.15) is 0 Å². The van der Waals surface area contributed by atoms with Gasteiger partial charge in [0.2, 0.25) is 0 Å². The quantitative estimate of drug-likeness (QED) is 0.598. The molecule has 3 aliphatic rings. The molecule has 0 aromatic carbocycles. The molecule has 0 unspecified atom stereocenters. The first-order valence-corrected chi connectivity index (χ1v) is 9.67. The van der Waals surface area contributed by atoms with E-state index in [1.165, 1.54) is 12.7 Å². The fourth-order valence-electron chi connectivity index (χ4n) is 6.47. The Labute approximate surface area is 146 Å². The molecule has 0 aliphatic heterocycles. The smallest absolute Gasteiger partial charge is 0.311 e. The second-order valence-electron chi connectivity index (χ2n) is 9.36. The molecule has 2 saturated carbocycles. The summed E-state index contributed by atoms with van der Waals surface area (Å²) in [5.74, 6) is 1.02. The van der Waals surface area contributed by atoms with Crippen LogP contribution < -0.4 is 0 Å². The molecule has 24 heavy (non-hydrogen) atoms. The third-order valence-electron chi connectivity index (χ3n) is 7.81. The first-order valence-electron chi connectivity index (χ1n) is 9.67. The van der Waals surface area contributed by atoms with Crippen molar-refractivity contribution in [3.8, 4) is 0 Å². The van der Waals surface area contributed by atoms with E-state index < -0.39 is 11.0 Å². The molecule has 3 rings (SSSR count). The van der Waals surface area contributed by atoms with Gasteiger partial charge in [-0.15, -0.1) is 0 Å². The van der Waals surface area contributed by atoms with E-state index in [0.29, 0.717) is 11.8 Å². The minimum Gasteiger partial charge on any atom is -0.469 e. The van der Waals surface area contributed by atoms with Crippen molar-refractivity contribution >= 4 is 5.97 Å². The Balaban J connectivity index is 1.97. The lowest BCUT2D eigenvalue weighted by atomic mass is 9.43. The Bertz CT molecular complexity index is 551. The molecule has 136 valence electrons. The number of fused-ring (bicyclic) bond motifs is 3. The fraction of sp³-hybridized carbons (Fsp3) is 0.857. The van der Waals surface area contributed by atoms with E-state index in [2.05, 4.69) is 33.8 Å². The molecule has 3 nitrogen and oxygen atoms in total. The van der Waals surface area contributed by atoms with E-state index in [1.54, 1.807) is 0 Å². The lowest BCUT2D eigenvalue weighted by Crippen LogP contribution is -2.61. The van der Waals surface area contributed by atoms with E-state index in [1.807, 2.05) is 0 Å². The predicted octanol–water partition coefficient (Wildman–Crippen LogP) is 4.49. The van der Waals surface area contributed by atoms with Crippen LogP contribution in [0, 0.1) is 28.6 Å². The fourth-order valence-corrected chi connectivity index (χ4v) is 6.47. The zero-order valence-corrected chi connectivity index (χ0v) is 16.0. The topological polar surface area (TPSA) is 46.5 Å². The molecule has 0 radical (unpaired) electrons. The van der Waals surface area contributed by atoms with E-state index in [-0.39, 0.29) is 17.3 Å². The first kappa shape index (κ1) is 18.0. The maximum atomic E-state index is 12.6. The molecule has 0 spiro atoms. The predicted molar refractivity (Wildman–Crippen MR) is 95.4 cm³/mol. The monoisotopic (exact) mass is 334 g/mol. The van der Waals surface area contributed by atoms with Crippen LogP contribution in [-0.2, 0) is 9.53 Å². The highest BCUT2D eigenvalue weighted by molar-refractivity contribution is 5.77. The minimum absolute atomic E-state index is 0.0210. The highest BCUT2D eigenvalue weighted by Gasteiger charge is 2.62. The number of ether oxygens (including phenoxy) is 1. The number of carbonyl (C=O) groups is 1. The summed E-state index contributed by atoms with van der Waals surface area (Å²) in [6.07, 6.45) is 8.96.